The van der Waals surface area contributed by atoms with Crippen molar-refractivity contribution in [2.75, 3.05) is 0 Å². The molecule has 2 rings (SSSR count). The Morgan fingerprint density at radius 3 is 2.88 bits per heavy atom. The van der Waals surface area contributed by atoms with Gasteiger partial charge < -0.3 is 0 Å². The topological polar surface area (TPSA) is 12.9 Å². The molecule has 0 aliphatic carbocycles. The molecule has 90 valence electrons. The smallest absolute Gasteiger partial charge is 0.124 e. The van der Waals surface area contributed by atoms with Gasteiger partial charge in [0.05, 0.1) is 11.4 Å². The van der Waals surface area contributed by atoms with Gasteiger partial charge in [-0.05, 0) is 24.1 Å². The molecule has 0 unspecified atom stereocenters. The maximum absolute atomic E-state index is 13.0. The minimum Gasteiger partial charge on any atom is -0.245 e. The molecule has 17 heavy (non-hydrogen) atoms. The number of aromatic nitrogens is 1. The van der Waals surface area contributed by atoms with Crippen molar-refractivity contribution in [3.05, 3.63) is 46.2 Å². The largest absolute Gasteiger partial charge is 0.245 e. The molecule has 0 saturated carbocycles. The Hall–Kier alpha value is -0.870. The van der Waals surface area contributed by atoms with Crippen molar-refractivity contribution in [1.82, 2.24) is 4.98 Å². The maximum Gasteiger partial charge on any atom is 0.124 e. The van der Waals surface area contributed by atoms with Gasteiger partial charge in [-0.15, -0.1) is 23.1 Å². The fourth-order valence-electron chi connectivity index (χ4n) is 1.36. The summed E-state index contributed by atoms with van der Waals surface area (Å²) in [5.41, 5.74) is 1.14. The first-order chi connectivity index (χ1) is 8.15. The van der Waals surface area contributed by atoms with Crippen molar-refractivity contribution in [1.29, 1.82) is 0 Å². The van der Waals surface area contributed by atoms with Crippen LogP contribution in [0.15, 0.2) is 34.5 Å². The molecule has 1 aromatic carbocycles. The molecule has 0 N–H and O–H groups in total. The zero-order valence-corrected chi connectivity index (χ0v) is 11.4. The lowest BCUT2D eigenvalue weighted by molar-refractivity contribution is 0.624. The van der Waals surface area contributed by atoms with Gasteiger partial charge in [0.2, 0.25) is 0 Å². The number of thioether (sulfide) groups is 1. The molecule has 0 aliphatic rings. The van der Waals surface area contributed by atoms with E-state index in [1.54, 1.807) is 35.2 Å². The minimum absolute atomic E-state index is 0.183. The summed E-state index contributed by atoms with van der Waals surface area (Å²) in [7, 11) is 0. The van der Waals surface area contributed by atoms with Gasteiger partial charge in [0.25, 0.3) is 0 Å². The van der Waals surface area contributed by atoms with E-state index in [4.69, 9.17) is 0 Å². The summed E-state index contributed by atoms with van der Waals surface area (Å²) in [6.07, 6.45) is 0. The van der Waals surface area contributed by atoms with Gasteiger partial charge in [0.15, 0.2) is 0 Å². The molecule has 0 aliphatic heterocycles. The third-order valence-corrected chi connectivity index (χ3v) is 4.37. The van der Waals surface area contributed by atoms with E-state index in [9.17, 15) is 4.39 Å². The molecule has 0 saturated heterocycles. The van der Waals surface area contributed by atoms with Crippen LogP contribution >= 0.6 is 23.1 Å². The Balaban J connectivity index is 1.97. The molecule has 0 spiro atoms. The summed E-state index contributed by atoms with van der Waals surface area (Å²) < 4.78 is 13.0. The van der Waals surface area contributed by atoms with E-state index < -0.39 is 0 Å². The minimum atomic E-state index is -0.183. The van der Waals surface area contributed by atoms with Gasteiger partial charge in [0, 0.05) is 10.3 Å². The first-order valence-corrected chi connectivity index (χ1v) is 7.34. The predicted molar refractivity (Wildman–Crippen MR) is 72.2 cm³/mol. The number of rotatable bonds is 4. The zero-order valence-electron chi connectivity index (χ0n) is 9.81. The Morgan fingerprint density at radius 2 is 2.24 bits per heavy atom. The third kappa shape index (κ3) is 3.54. The SMILES string of the molecule is CC(C)c1csc(CSc2cccc(F)c2)n1. The number of nitrogens with zero attached hydrogens (tertiary/aromatic N) is 1. The van der Waals surface area contributed by atoms with Crippen LogP contribution in [0, 0.1) is 5.82 Å². The summed E-state index contributed by atoms with van der Waals surface area (Å²) in [5.74, 6) is 1.09. The lowest BCUT2D eigenvalue weighted by Crippen LogP contribution is -1.87. The second-order valence-electron chi connectivity index (χ2n) is 4.07. The molecule has 0 atom stereocenters. The van der Waals surface area contributed by atoms with Crippen molar-refractivity contribution in [3.8, 4) is 0 Å². The van der Waals surface area contributed by atoms with Gasteiger partial charge in [-0.25, -0.2) is 9.37 Å². The van der Waals surface area contributed by atoms with Gasteiger partial charge in [0.1, 0.15) is 10.8 Å². The van der Waals surface area contributed by atoms with Gasteiger partial charge >= 0.3 is 0 Å². The second kappa shape index (κ2) is 5.65. The van der Waals surface area contributed by atoms with Crippen molar-refractivity contribution >= 4 is 23.1 Å². The number of hydrogen-bond acceptors (Lipinski definition) is 3. The third-order valence-electron chi connectivity index (χ3n) is 2.32. The molecule has 4 heteroatoms. The normalized spacial score (nSPS) is 11.1. The van der Waals surface area contributed by atoms with E-state index in [0.29, 0.717) is 5.92 Å². The second-order valence-corrected chi connectivity index (χ2v) is 6.06. The highest BCUT2D eigenvalue weighted by Crippen LogP contribution is 2.26. The van der Waals surface area contributed by atoms with E-state index in [-0.39, 0.29) is 5.82 Å². The molecule has 2 aromatic rings. The summed E-state index contributed by atoms with van der Waals surface area (Å²) in [5, 5.41) is 3.20. The van der Waals surface area contributed by atoms with Crippen LogP contribution in [0.4, 0.5) is 4.39 Å². The Labute approximate surface area is 109 Å². The average molecular weight is 267 g/mol. The monoisotopic (exact) mass is 267 g/mol. The Morgan fingerprint density at radius 1 is 1.41 bits per heavy atom. The summed E-state index contributed by atoms with van der Waals surface area (Å²) >= 11 is 3.30. The van der Waals surface area contributed by atoms with Crippen LogP contribution in [0.1, 0.15) is 30.5 Å². The number of benzene rings is 1. The molecule has 1 aromatic heterocycles. The lowest BCUT2D eigenvalue weighted by Gasteiger charge is -1.99. The van der Waals surface area contributed by atoms with E-state index in [0.717, 1.165) is 21.3 Å². The number of hydrogen-bond donors (Lipinski definition) is 0. The molecule has 0 bridgehead atoms. The van der Waals surface area contributed by atoms with Crippen LogP contribution in [0.3, 0.4) is 0 Å². The molecular formula is C13H14FNS2. The zero-order chi connectivity index (χ0) is 12.3. The molecule has 1 heterocycles. The first-order valence-electron chi connectivity index (χ1n) is 5.48. The van der Waals surface area contributed by atoms with Gasteiger partial charge in [-0.2, -0.15) is 0 Å². The van der Waals surface area contributed by atoms with Crippen LogP contribution in [0.5, 0.6) is 0 Å². The highest BCUT2D eigenvalue weighted by atomic mass is 32.2. The first kappa shape index (κ1) is 12.6. The van der Waals surface area contributed by atoms with Crippen LogP contribution in [0.2, 0.25) is 0 Å². The molecular weight excluding hydrogens is 253 g/mol. The van der Waals surface area contributed by atoms with Crippen molar-refractivity contribution in [2.24, 2.45) is 0 Å². The average Bonchev–Trinajstić information content (AvgIpc) is 2.75. The number of halogens is 1. The number of thiazole rings is 1. The van der Waals surface area contributed by atoms with Crippen molar-refractivity contribution < 1.29 is 4.39 Å². The standard InChI is InChI=1S/C13H14FNS2/c1-9(2)12-7-17-13(15-12)8-16-11-5-3-4-10(14)6-11/h3-7,9H,8H2,1-2H3. The summed E-state index contributed by atoms with van der Waals surface area (Å²) in [4.78, 5) is 5.50. The quantitative estimate of drug-likeness (QED) is 0.745. The summed E-state index contributed by atoms with van der Waals surface area (Å²) in [6.45, 7) is 4.27. The van der Waals surface area contributed by atoms with Crippen LogP contribution in [-0.4, -0.2) is 4.98 Å². The molecule has 1 nitrogen and oxygen atoms in total. The lowest BCUT2D eigenvalue weighted by atomic mass is 10.2. The van der Waals surface area contributed by atoms with E-state index in [1.807, 2.05) is 6.07 Å². The Kier molecular flexibility index (Phi) is 4.18. The van der Waals surface area contributed by atoms with Crippen molar-refractivity contribution in [3.63, 3.8) is 0 Å². The highest BCUT2D eigenvalue weighted by Gasteiger charge is 2.06. The highest BCUT2D eigenvalue weighted by molar-refractivity contribution is 7.98. The maximum atomic E-state index is 13.0. The Bertz CT molecular complexity index is 494. The van der Waals surface area contributed by atoms with Gasteiger partial charge in [-0.1, -0.05) is 19.9 Å². The summed E-state index contributed by atoms with van der Waals surface area (Å²) in [6, 6.07) is 6.68. The molecule has 0 radical (unpaired) electrons. The van der Waals surface area contributed by atoms with E-state index >= 15 is 0 Å². The van der Waals surface area contributed by atoms with Crippen LogP contribution < -0.4 is 0 Å². The fraction of sp³-hybridized carbons (Fsp3) is 0.308. The van der Waals surface area contributed by atoms with E-state index in [1.165, 1.54) is 6.07 Å². The van der Waals surface area contributed by atoms with Crippen LogP contribution in [-0.2, 0) is 5.75 Å². The predicted octanol–water partition coefficient (Wildman–Crippen LogP) is 4.70. The van der Waals surface area contributed by atoms with Crippen LogP contribution in [0.25, 0.3) is 0 Å². The van der Waals surface area contributed by atoms with Gasteiger partial charge in [-0.3, -0.25) is 0 Å². The fourth-order valence-corrected chi connectivity index (χ4v) is 3.27. The molecule has 0 fully saturated rings. The van der Waals surface area contributed by atoms with E-state index in [2.05, 4.69) is 24.2 Å². The van der Waals surface area contributed by atoms with Crippen molar-refractivity contribution in [2.45, 2.75) is 30.4 Å². The molecule has 0 amide bonds.